The molecule has 0 bridgehead atoms. The minimum absolute atomic E-state index is 0.310. The summed E-state index contributed by atoms with van der Waals surface area (Å²) in [6.45, 7) is 9.29. The second-order valence-corrected chi connectivity index (χ2v) is 5.59. The molecule has 0 saturated heterocycles. The number of hydrogen-bond donors (Lipinski definition) is 0. The van der Waals surface area contributed by atoms with Crippen LogP contribution in [-0.4, -0.2) is 5.97 Å². The summed E-state index contributed by atoms with van der Waals surface area (Å²) in [5, 5.41) is 0. The molecular formula is C22H24O3. The van der Waals surface area contributed by atoms with Crippen molar-refractivity contribution >= 4 is 17.1 Å². The summed E-state index contributed by atoms with van der Waals surface area (Å²) in [5.41, 5.74) is 4.91. The number of rotatable bonds is 7. The molecule has 2 aromatic rings. The quantitative estimate of drug-likeness (QED) is 0.275. The van der Waals surface area contributed by atoms with Crippen LogP contribution in [0.15, 0.2) is 61.4 Å². The summed E-state index contributed by atoms with van der Waals surface area (Å²) in [7, 11) is 0. The van der Waals surface area contributed by atoms with Crippen molar-refractivity contribution in [3.63, 3.8) is 0 Å². The third-order valence-electron chi connectivity index (χ3n) is 3.96. The predicted molar refractivity (Wildman–Crippen MR) is 102 cm³/mol. The van der Waals surface area contributed by atoms with Crippen molar-refractivity contribution in [2.45, 2.75) is 33.6 Å². The number of benzene rings is 2. The van der Waals surface area contributed by atoms with Crippen molar-refractivity contribution < 1.29 is 14.3 Å². The van der Waals surface area contributed by atoms with E-state index in [1.165, 1.54) is 29.9 Å². The van der Waals surface area contributed by atoms with Crippen molar-refractivity contribution in [1.82, 2.24) is 0 Å². The van der Waals surface area contributed by atoms with E-state index >= 15 is 0 Å². The smallest absolute Gasteiger partial charge is 0.308 e. The lowest BCUT2D eigenvalue weighted by atomic mass is 9.91. The fourth-order valence-corrected chi connectivity index (χ4v) is 2.90. The van der Waals surface area contributed by atoms with E-state index in [1.807, 2.05) is 36.4 Å². The highest BCUT2D eigenvalue weighted by molar-refractivity contribution is 5.90. The molecule has 0 aromatic heterocycles. The van der Waals surface area contributed by atoms with E-state index in [1.54, 1.807) is 0 Å². The Hall–Kier alpha value is -2.81. The SMILES string of the molecule is C=COc1ccc(/C(CC)=C(\CC)c2ccc(OC(C)=O)cc2)cc1. The molecule has 0 heterocycles. The van der Waals surface area contributed by atoms with Gasteiger partial charge in [-0.05, 0) is 59.4 Å². The average Bonchev–Trinajstić information content (AvgIpc) is 2.61. The molecule has 0 fully saturated rings. The zero-order valence-corrected chi connectivity index (χ0v) is 15.0. The van der Waals surface area contributed by atoms with Crippen LogP contribution >= 0.6 is 0 Å². The van der Waals surface area contributed by atoms with Gasteiger partial charge in [-0.3, -0.25) is 4.79 Å². The first-order valence-corrected chi connectivity index (χ1v) is 8.47. The van der Waals surface area contributed by atoms with Gasteiger partial charge in [0, 0.05) is 6.92 Å². The van der Waals surface area contributed by atoms with Crippen LogP contribution in [0.25, 0.3) is 11.1 Å². The van der Waals surface area contributed by atoms with Gasteiger partial charge in [-0.1, -0.05) is 44.7 Å². The fraction of sp³-hybridized carbons (Fsp3) is 0.227. The molecule has 0 unspecified atom stereocenters. The van der Waals surface area contributed by atoms with Gasteiger partial charge in [0.15, 0.2) is 0 Å². The van der Waals surface area contributed by atoms with Gasteiger partial charge in [-0.2, -0.15) is 0 Å². The van der Waals surface area contributed by atoms with Crippen molar-refractivity contribution in [3.8, 4) is 11.5 Å². The predicted octanol–water partition coefficient (Wildman–Crippen LogP) is 5.87. The normalized spacial score (nSPS) is 11.5. The molecule has 130 valence electrons. The zero-order chi connectivity index (χ0) is 18.2. The monoisotopic (exact) mass is 336 g/mol. The largest absolute Gasteiger partial charge is 0.466 e. The van der Waals surface area contributed by atoms with Crippen LogP contribution in [0.1, 0.15) is 44.7 Å². The maximum absolute atomic E-state index is 11.1. The van der Waals surface area contributed by atoms with Crippen LogP contribution in [0, 0.1) is 0 Å². The van der Waals surface area contributed by atoms with E-state index in [0.717, 1.165) is 24.2 Å². The lowest BCUT2D eigenvalue weighted by Gasteiger charge is -2.15. The minimum atomic E-state index is -0.310. The molecule has 2 aromatic carbocycles. The molecule has 0 spiro atoms. The molecule has 2 rings (SSSR count). The molecular weight excluding hydrogens is 312 g/mol. The lowest BCUT2D eigenvalue weighted by molar-refractivity contribution is -0.131. The molecule has 0 aliphatic carbocycles. The van der Waals surface area contributed by atoms with Crippen molar-refractivity contribution in [2.75, 3.05) is 0 Å². The summed E-state index contributed by atoms with van der Waals surface area (Å²) in [6.07, 6.45) is 3.27. The zero-order valence-electron chi connectivity index (χ0n) is 15.0. The van der Waals surface area contributed by atoms with Gasteiger partial charge in [0.05, 0.1) is 6.26 Å². The number of ether oxygens (including phenoxy) is 2. The summed E-state index contributed by atoms with van der Waals surface area (Å²) in [6, 6.07) is 15.7. The second kappa shape index (κ2) is 8.88. The summed E-state index contributed by atoms with van der Waals surface area (Å²) >= 11 is 0. The highest BCUT2D eigenvalue weighted by atomic mass is 16.5. The average molecular weight is 336 g/mol. The second-order valence-electron chi connectivity index (χ2n) is 5.59. The Morgan fingerprint density at radius 2 is 1.32 bits per heavy atom. The fourth-order valence-electron chi connectivity index (χ4n) is 2.90. The first kappa shape index (κ1) is 18.5. The molecule has 25 heavy (non-hydrogen) atoms. The summed E-state index contributed by atoms with van der Waals surface area (Å²) < 4.78 is 10.4. The highest BCUT2D eigenvalue weighted by Gasteiger charge is 2.10. The first-order valence-electron chi connectivity index (χ1n) is 8.47. The Bertz CT molecular complexity index is 753. The third kappa shape index (κ3) is 4.83. The van der Waals surface area contributed by atoms with Gasteiger partial charge in [-0.15, -0.1) is 0 Å². The molecule has 0 aliphatic rings. The molecule has 0 amide bonds. The van der Waals surface area contributed by atoms with Crippen molar-refractivity contribution in [3.05, 3.63) is 72.5 Å². The topological polar surface area (TPSA) is 35.5 Å². The molecule has 3 nitrogen and oxygen atoms in total. The Morgan fingerprint density at radius 1 is 0.880 bits per heavy atom. The van der Waals surface area contributed by atoms with Crippen LogP contribution in [0.5, 0.6) is 11.5 Å². The van der Waals surface area contributed by atoms with Gasteiger partial charge in [-0.25, -0.2) is 0 Å². The Labute approximate surface area is 149 Å². The Balaban J connectivity index is 2.38. The number of hydrogen-bond acceptors (Lipinski definition) is 3. The van der Waals surface area contributed by atoms with Crippen molar-refractivity contribution in [1.29, 1.82) is 0 Å². The van der Waals surface area contributed by atoms with E-state index < -0.39 is 0 Å². The van der Waals surface area contributed by atoms with Gasteiger partial charge in [0.1, 0.15) is 11.5 Å². The summed E-state index contributed by atoms with van der Waals surface area (Å²) in [4.78, 5) is 11.1. The molecule has 3 heteroatoms. The van der Waals surface area contributed by atoms with Gasteiger partial charge >= 0.3 is 5.97 Å². The first-order chi connectivity index (χ1) is 12.1. The molecule has 0 radical (unpaired) electrons. The highest BCUT2D eigenvalue weighted by Crippen LogP contribution is 2.32. The molecule has 0 N–H and O–H groups in total. The van der Waals surface area contributed by atoms with Crippen LogP contribution < -0.4 is 9.47 Å². The Morgan fingerprint density at radius 3 is 1.68 bits per heavy atom. The number of allylic oxidation sites excluding steroid dienone is 2. The van der Waals surface area contributed by atoms with Crippen LogP contribution in [0.3, 0.4) is 0 Å². The van der Waals surface area contributed by atoms with Crippen LogP contribution in [0.2, 0.25) is 0 Å². The molecule has 0 aliphatic heterocycles. The maximum atomic E-state index is 11.1. The standard InChI is InChI=1S/C22H24O3/c1-5-21(17-8-12-19(13-9-17)24-7-3)22(6-2)18-10-14-20(15-11-18)25-16(4)23/h7-15H,3,5-6H2,1-2,4H3/b22-21+. The Kier molecular flexibility index (Phi) is 6.58. The number of carbonyl (C=O) groups excluding carboxylic acids is 1. The molecule has 0 saturated carbocycles. The van der Waals surface area contributed by atoms with E-state index in [0.29, 0.717) is 5.75 Å². The molecule has 0 atom stereocenters. The van der Waals surface area contributed by atoms with E-state index in [-0.39, 0.29) is 5.97 Å². The van der Waals surface area contributed by atoms with E-state index in [4.69, 9.17) is 9.47 Å². The number of esters is 1. The van der Waals surface area contributed by atoms with Gasteiger partial charge in [0.25, 0.3) is 0 Å². The van der Waals surface area contributed by atoms with E-state index in [2.05, 4.69) is 32.6 Å². The number of carbonyl (C=O) groups is 1. The maximum Gasteiger partial charge on any atom is 0.308 e. The van der Waals surface area contributed by atoms with Crippen molar-refractivity contribution in [2.24, 2.45) is 0 Å². The summed E-state index contributed by atoms with van der Waals surface area (Å²) in [5.74, 6) is 1.03. The van der Waals surface area contributed by atoms with Gasteiger partial charge in [0.2, 0.25) is 0 Å². The van der Waals surface area contributed by atoms with Gasteiger partial charge < -0.3 is 9.47 Å². The van der Waals surface area contributed by atoms with E-state index in [9.17, 15) is 4.79 Å². The third-order valence-corrected chi connectivity index (χ3v) is 3.96. The van der Waals surface area contributed by atoms with Crippen LogP contribution in [0.4, 0.5) is 0 Å². The van der Waals surface area contributed by atoms with Crippen LogP contribution in [-0.2, 0) is 4.79 Å². The minimum Gasteiger partial charge on any atom is -0.466 e. The lowest BCUT2D eigenvalue weighted by Crippen LogP contribution is -2.01.